The van der Waals surface area contributed by atoms with Crippen molar-refractivity contribution < 1.29 is 23.8 Å². The zero-order valence-electron chi connectivity index (χ0n) is 14.6. The molecule has 6 nitrogen and oxygen atoms in total. The Kier molecular flexibility index (Phi) is 5.98. The first kappa shape index (κ1) is 18.8. The quantitative estimate of drug-likeness (QED) is 0.608. The molecule has 0 saturated carbocycles. The molecule has 7 heteroatoms. The highest BCUT2D eigenvalue weighted by Gasteiger charge is 2.18. The number of carboxylic acid groups (broad SMARTS) is 1. The van der Waals surface area contributed by atoms with Crippen LogP contribution in [-0.4, -0.2) is 22.7 Å². The van der Waals surface area contributed by atoms with Crippen LogP contribution in [0.2, 0.25) is 5.02 Å². The van der Waals surface area contributed by atoms with Gasteiger partial charge in [-0.05, 0) is 48.9 Å². The van der Waals surface area contributed by atoms with Gasteiger partial charge in [0, 0.05) is 10.6 Å². The minimum atomic E-state index is -0.998. The van der Waals surface area contributed by atoms with E-state index in [0.717, 1.165) is 5.56 Å². The zero-order valence-corrected chi connectivity index (χ0v) is 15.4. The Balaban J connectivity index is 1.70. The van der Waals surface area contributed by atoms with Crippen LogP contribution >= 0.6 is 11.6 Å². The molecule has 0 radical (unpaired) electrons. The number of oxazole rings is 1. The first-order valence-electron chi connectivity index (χ1n) is 8.37. The van der Waals surface area contributed by atoms with Gasteiger partial charge in [0.15, 0.2) is 0 Å². The lowest BCUT2D eigenvalue weighted by molar-refractivity contribution is -0.136. The van der Waals surface area contributed by atoms with Crippen molar-refractivity contribution in [2.45, 2.75) is 20.0 Å². The predicted molar refractivity (Wildman–Crippen MR) is 100 cm³/mol. The molecule has 140 valence electrons. The topological polar surface area (TPSA) is 81.8 Å². The van der Waals surface area contributed by atoms with Crippen LogP contribution < -0.4 is 9.47 Å². The fourth-order valence-corrected chi connectivity index (χ4v) is 2.53. The number of carbonyl (C=O) groups is 1. The number of benzene rings is 2. The molecule has 2 aromatic carbocycles. The molecule has 3 rings (SSSR count). The Hall–Kier alpha value is -2.99. The van der Waals surface area contributed by atoms with Gasteiger partial charge in [-0.1, -0.05) is 23.7 Å². The minimum absolute atomic E-state index is 0.137. The van der Waals surface area contributed by atoms with Gasteiger partial charge in [0.05, 0.1) is 13.0 Å². The number of ether oxygens (including phenoxy) is 2. The summed E-state index contributed by atoms with van der Waals surface area (Å²) in [6.07, 6.45) is -0.263. The van der Waals surface area contributed by atoms with Gasteiger partial charge in [0.25, 0.3) is 0 Å². The van der Waals surface area contributed by atoms with Gasteiger partial charge in [0.1, 0.15) is 18.1 Å². The van der Waals surface area contributed by atoms with Gasteiger partial charge >= 0.3 is 11.9 Å². The Labute approximate surface area is 161 Å². The van der Waals surface area contributed by atoms with Crippen LogP contribution in [-0.2, 0) is 17.8 Å². The van der Waals surface area contributed by atoms with Crippen molar-refractivity contribution in [1.82, 2.24) is 4.98 Å². The molecular formula is C20H18ClNO5. The van der Waals surface area contributed by atoms with E-state index < -0.39 is 5.97 Å². The lowest BCUT2D eigenvalue weighted by atomic mass is 10.2. The lowest BCUT2D eigenvalue weighted by Gasteiger charge is -2.06. The number of halogens is 1. The molecule has 0 aliphatic heterocycles. The molecule has 3 aromatic rings. The molecule has 0 spiro atoms. The summed E-state index contributed by atoms with van der Waals surface area (Å²) >= 11 is 5.87. The Morgan fingerprint density at radius 1 is 1.11 bits per heavy atom. The van der Waals surface area contributed by atoms with E-state index >= 15 is 0 Å². The molecule has 1 N–H and O–H groups in total. The van der Waals surface area contributed by atoms with Gasteiger partial charge in [0.2, 0.25) is 5.89 Å². The van der Waals surface area contributed by atoms with E-state index in [9.17, 15) is 4.79 Å². The van der Waals surface area contributed by atoms with E-state index in [2.05, 4.69) is 4.98 Å². The highest BCUT2D eigenvalue weighted by Crippen LogP contribution is 2.29. The molecule has 27 heavy (non-hydrogen) atoms. The van der Waals surface area contributed by atoms with E-state index in [0.29, 0.717) is 35.4 Å². The second-order valence-electron chi connectivity index (χ2n) is 5.70. The number of rotatable bonds is 8. The number of hydrogen-bond donors (Lipinski definition) is 1. The zero-order chi connectivity index (χ0) is 19.2. The first-order valence-corrected chi connectivity index (χ1v) is 8.75. The average molecular weight is 388 g/mol. The summed E-state index contributed by atoms with van der Waals surface area (Å²) in [5, 5.41) is 9.67. The number of hydrogen-bond acceptors (Lipinski definition) is 5. The van der Waals surface area contributed by atoms with Crippen LogP contribution in [0, 0.1) is 0 Å². The number of carboxylic acids is 1. The molecule has 0 fully saturated rings. The van der Waals surface area contributed by atoms with Crippen molar-refractivity contribution in [2.75, 3.05) is 6.61 Å². The third-order valence-corrected chi connectivity index (χ3v) is 3.93. The van der Waals surface area contributed by atoms with E-state index in [-0.39, 0.29) is 18.1 Å². The van der Waals surface area contributed by atoms with Gasteiger partial charge in [-0.3, -0.25) is 4.79 Å². The van der Waals surface area contributed by atoms with Gasteiger partial charge in [-0.2, -0.15) is 0 Å². The van der Waals surface area contributed by atoms with E-state index in [1.807, 2.05) is 24.3 Å². The lowest BCUT2D eigenvalue weighted by Crippen LogP contribution is -2.03. The van der Waals surface area contributed by atoms with Gasteiger partial charge in [-0.25, -0.2) is 4.98 Å². The van der Waals surface area contributed by atoms with E-state index in [1.54, 1.807) is 31.2 Å². The highest BCUT2D eigenvalue weighted by molar-refractivity contribution is 6.30. The Bertz CT molecular complexity index is 903. The molecule has 0 atom stereocenters. The highest BCUT2D eigenvalue weighted by atomic mass is 35.5. The van der Waals surface area contributed by atoms with E-state index in [4.69, 9.17) is 30.6 Å². The largest absolute Gasteiger partial charge is 0.489 e. The van der Waals surface area contributed by atoms with Gasteiger partial charge in [-0.15, -0.1) is 0 Å². The second-order valence-corrected chi connectivity index (χ2v) is 6.13. The smallest absolute Gasteiger partial charge is 0.309 e. The summed E-state index contributed by atoms with van der Waals surface area (Å²) in [6.45, 7) is 2.57. The molecule has 0 saturated heterocycles. The van der Waals surface area contributed by atoms with Crippen LogP contribution in [0.5, 0.6) is 11.7 Å². The number of aromatic nitrogens is 1. The van der Waals surface area contributed by atoms with Crippen LogP contribution in [0.25, 0.3) is 11.5 Å². The minimum Gasteiger partial charge on any atom is -0.489 e. The van der Waals surface area contributed by atoms with Crippen LogP contribution in [0.15, 0.2) is 52.9 Å². The Morgan fingerprint density at radius 2 is 1.81 bits per heavy atom. The van der Waals surface area contributed by atoms with Crippen molar-refractivity contribution >= 4 is 17.6 Å². The molecule has 0 unspecified atom stereocenters. The normalized spacial score (nSPS) is 10.6. The molecule has 1 aromatic heterocycles. The molecular weight excluding hydrogens is 370 g/mol. The van der Waals surface area contributed by atoms with Crippen molar-refractivity contribution in [3.05, 3.63) is 64.8 Å². The average Bonchev–Trinajstić information content (AvgIpc) is 3.04. The third-order valence-electron chi connectivity index (χ3n) is 3.68. The van der Waals surface area contributed by atoms with Crippen molar-refractivity contribution in [1.29, 1.82) is 0 Å². The van der Waals surface area contributed by atoms with Crippen LogP contribution in [0.3, 0.4) is 0 Å². The van der Waals surface area contributed by atoms with Gasteiger partial charge < -0.3 is 19.0 Å². The third kappa shape index (κ3) is 5.01. The van der Waals surface area contributed by atoms with Crippen molar-refractivity contribution in [3.63, 3.8) is 0 Å². The van der Waals surface area contributed by atoms with Crippen LogP contribution in [0.4, 0.5) is 0 Å². The fourth-order valence-electron chi connectivity index (χ4n) is 2.40. The SMILES string of the molecule is CCOc1oc(-c2ccc(OCc3ccc(Cl)cc3)cc2)nc1CC(=O)O. The molecule has 1 heterocycles. The number of nitrogens with zero attached hydrogens (tertiary/aromatic N) is 1. The Morgan fingerprint density at radius 3 is 2.44 bits per heavy atom. The molecule has 0 bridgehead atoms. The maximum atomic E-state index is 11.0. The summed E-state index contributed by atoms with van der Waals surface area (Å²) in [4.78, 5) is 15.2. The molecule has 0 aliphatic rings. The van der Waals surface area contributed by atoms with Crippen molar-refractivity contribution in [3.8, 4) is 23.1 Å². The predicted octanol–water partition coefficient (Wildman–Crippen LogP) is 4.60. The van der Waals surface area contributed by atoms with Crippen molar-refractivity contribution in [2.24, 2.45) is 0 Å². The monoisotopic (exact) mass is 387 g/mol. The first-order chi connectivity index (χ1) is 13.0. The maximum Gasteiger partial charge on any atom is 0.309 e. The van der Waals surface area contributed by atoms with Crippen LogP contribution in [0.1, 0.15) is 18.2 Å². The number of aliphatic carboxylic acids is 1. The second kappa shape index (κ2) is 8.60. The summed E-state index contributed by atoms with van der Waals surface area (Å²) in [6, 6.07) is 14.6. The maximum absolute atomic E-state index is 11.0. The summed E-state index contributed by atoms with van der Waals surface area (Å²) in [7, 11) is 0. The van der Waals surface area contributed by atoms with E-state index in [1.165, 1.54) is 0 Å². The standard InChI is InChI=1S/C20H18ClNO5/c1-2-25-20-17(11-18(23)24)22-19(27-20)14-5-9-16(10-6-14)26-12-13-3-7-15(21)8-4-13/h3-10H,2,11-12H2,1H3,(H,23,24). The summed E-state index contributed by atoms with van der Waals surface area (Å²) in [5.74, 6) is 0.134. The molecule has 0 amide bonds. The fraction of sp³-hybridized carbons (Fsp3) is 0.200. The summed E-state index contributed by atoms with van der Waals surface area (Å²) in [5.41, 5.74) is 1.98. The summed E-state index contributed by atoms with van der Waals surface area (Å²) < 4.78 is 16.7. The molecule has 0 aliphatic carbocycles.